The smallest absolute Gasteiger partial charge is 0.226 e. The van der Waals surface area contributed by atoms with Gasteiger partial charge in [-0.05, 0) is 35.4 Å². The van der Waals surface area contributed by atoms with Crippen LogP contribution in [-0.4, -0.2) is 26.1 Å². The minimum absolute atomic E-state index is 0.00352. The zero-order valence-electron chi connectivity index (χ0n) is 12.9. The first kappa shape index (κ1) is 15.5. The summed E-state index contributed by atoms with van der Waals surface area (Å²) >= 11 is 0. The summed E-state index contributed by atoms with van der Waals surface area (Å²) in [6.07, 6.45) is 0. The maximum absolute atomic E-state index is 13.2. The monoisotopic (exact) mass is 314 g/mol. The standard InChI is InChI=1S/C18H19FN2O2/c1-23-16-8-4-13(5-9-16)17(12-2-6-15(19)7-3-12)21-18(22)14-10-20-11-14/h2-9,14,17,20H,10-11H2,1H3,(H,21,22). The largest absolute Gasteiger partial charge is 0.497 e. The molecule has 3 rings (SSSR count). The van der Waals surface area contributed by atoms with Crippen molar-refractivity contribution in [3.8, 4) is 5.75 Å². The third-order valence-electron chi connectivity index (χ3n) is 4.09. The van der Waals surface area contributed by atoms with Gasteiger partial charge in [-0.25, -0.2) is 4.39 Å². The summed E-state index contributed by atoms with van der Waals surface area (Å²) in [6, 6.07) is 13.4. The Morgan fingerprint density at radius 1 is 1.13 bits per heavy atom. The normalized spacial score (nSPS) is 15.6. The van der Waals surface area contributed by atoms with Crippen LogP contribution in [0, 0.1) is 11.7 Å². The fourth-order valence-corrected chi connectivity index (χ4v) is 2.54. The molecular formula is C18H19FN2O2. The van der Waals surface area contributed by atoms with Crippen molar-refractivity contribution in [1.82, 2.24) is 10.6 Å². The van der Waals surface area contributed by atoms with E-state index in [2.05, 4.69) is 10.6 Å². The zero-order chi connectivity index (χ0) is 16.2. The first-order valence-electron chi connectivity index (χ1n) is 7.58. The molecule has 1 heterocycles. The van der Waals surface area contributed by atoms with Gasteiger partial charge in [0.1, 0.15) is 11.6 Å². The molecular weight excluding hydrogens is 295 g/mol. The summed E-state index contributed by atoms with van der Waals surface area (Å²) in [5, 5.41) is 6.16. The van der Waals surface area contributed by atoms with E-state index in [-0.39, 0.29) is 23.7 Å². The molecule has 0 saturated carbocycles. The highest BCUT2D eigenvalue weighted by atomic mass is 19.1. The van der Waals surface area contributed by atoms with Gasteiger partial charge in [0.25, 0.3) is 0 Å². The van der Waals surface area contributed by atoms with Crippen molar-refractivity contribution < 1.29 is 13.9 Å². The van der Waals surface area contributed by atoms with Gasteiger partial charge in [0.2, 0.25) is 5.91 Å². The third kappa shape index (κ3) is 3.51. The van der Waals surface area contributed by atoms with Gasteiger partial charge >= 0.3 is 0 Å². The predicted octanol–water partition coefficient (Wildman–Crippen LogP) is 2.26. The first-order chi connectivity index (χ1) is 11.2. The molecule has 1 unspecified atom stereocenters. The first-order valence-corrected chi connectivity index (χ1v) is 7.58. The number of amides is 1. The summed E-state index contributed by atoms with van der Waals surface area (Å²) in [7, 11) is 1.61. The SMILES string of the molecule is COc1ccc(C(NC(=O)C2CNC2)c2ccc(F)cc2)cc1. The summed E-state index contributed by atoms with van der Waals surface area (Å²) in [4.78, 5) is 12.3. The van der Waals surface area contributed by atoms with Gasteiger partial charge in [-0.3, -0.25) is 4.79 Å². The van der Waals surface area contributed by atoms with Crippen LogP contribution in [0.15, 0.2) is 48.5 Å². The molecule has 0 bridgehead atoms. The minimum Gasteiger partial charge on any atom is -0.497 e. The summed E-state index contributed by atoms with van der Waals surface area (Å²) in [5.41, 5.74) is 1.77. The maximum Gasteiger partial charge on any atom is 0.226 e. The van der Waals surface area contributed by atoms with Crippen molar-refractivity contribution in [3.63, 3.8) is 0 Å². The average Bonchev–Trinajstić information content (AvgIpc) is 2.52. The summed E-state index contributed by atoms with van der Waals surface area (Å²) in [6.45, 7) is 1.40. The Morgan fingerprint density at radius 3 is 2.17 bits per heavy atom. The highest BCUT2D eigenvalue weighted by Crippen LogP contribution is 2.25. The predicted molar refractivity (Wildman–Crippen MR) is 85.7 cm³/mol. The highest BCUT2D eigenvalue weighted by Gasteiger charge is 2.27. The molecule has 1 amide bonds. The molecule has 1 fully saturated rings. The molecule has 1 atom stereocenters. The van der Waals surface area contributed by atoms with Crippen LogP contribution in [0.1, 0.15) is 17.2 Å². The second-order valence-corrected chi connectivity index (χ2v) is 5.62. The zero-order valence-corrected chi connectivity index (χ0v) is 12.9. The second-order valence-electron chi connectivity index (χ2n) is 5.62. The van der Waals surface area contributed by atoms with Crippen molar-refractivity contribution in [2.75, 3.05) is 20.2 Å². The van der Waals surface area contributed by atoms with Gasteiger partial charge in [0.15, 0.2) is 0 Å². The molecule has 1 aliphatic heterocycles. The van der Waals surface area contributed by atoms with E-state index in [9.17, 15) is 9.18 Å². The molecule has 0 aliphatic carbocycles. The number of hydrogen-bond donors (Lipinski definition) is 2. The average molecular weight is 314 g/mol. The number of hydrogen-bond acceptors (Lipinski definition) is 3. The van der Waals surface area contributed by atoms with Gasteiger partial charge in [-0.15, -0.1) is 0 Å². The number of rotatable bonds is 5. The van der Waals surface area contributed by atoms with E-state index < -0.39 is 0 Å². The van der Waals surface area contributed by atoms with Crippen LogP contribution in [0.4, 0.5) is 4.39 Å². The van der Waals surface area contributed by atoms with Crippen LogP contribution in [0.5, 0.6) is 5.75 Å². The van der Waals surface area contributed by atoms with E-state index in [1.165, 1.54) is 12.1 Å². The molecule has 1 aliphatic rings. The van der Waals surface area contributed by atoms with Gasteiger partial charge in [-0.1, -0.05) is 24.3 Å². The van der Waals surface area contributed by atoms with Crippen molar-refractivity contribution >= 4 is 5.91 Å². The van der Waals surface area contributed by atoms with Crippen LogP contribution in [0.2, 0.25) is 0 Å². The Labute approximate surface area is 134 Å². The Bertz CT molecular complexity index is 666. The van der Waals surface area contributed by atoms with Crippen LogP contribution in [0.25, 0.3) is 0 Å². The number of methoxy groups -OCH3 is 1. The van der Waals surface area contributed by atoms with Crippen LogP contribution in [0.3, 0.4) is 0 Å². The molecule has 120 valence electrons. The lowest BCUT2D eigenvalue weighted by atomic mass is 9.96. The number of benzene rings is 2. The van der Waals surface area contributed by atoms with E-state index in [0.29, 0.717) is 13.1 Å². The van der Waals surface area contributed by atoms with Crippen LogP contribution in [-0.2, 0) is 4.79 Å². The van der Waals surface area contributed by atoms with E-state index >= 15 is 0 Å². The molecule has 2 aromatic carbocycles. The fraction of sp³-hybridized carbons (Fsp3) is 0.278. The lowest BCUT2D eigenvalue weighted by Crippen LogP contribution is -2.51. The van der Waals surface area contributed by atoms with Gasteiger partial charge in [-0.2, -0.15) is 0 Å². The van der Waals surface area contributed by atoms with Crippen molar-refractivity contribution in [3.05, 3.63) is 65.5 Å². The molecule has 0 spiro atoms. The minimum atomic E-state index is -0.311. The summed E-state index contributed by atoms with van der Waals surface area (Å²) < 4.78 is 18.4. The number of halogens is 1. The van der Waals surface area contributed by atoms with Crippen LogP contribution < -0.4 is 15.4 Å². The number of nitrogens with one attached hydrogen (secondary N) is 2. The lowest BCUT2D eigenvalue weighted by Gasteiger charge is -2.29. The number of ether oxygens (including phenoxy) is 1. The molecule has 0 aromatic heterocycles. The van der Waals surface area contributed by atoms with Crippen molar-refractivity contribution in [2.24, 2.45) is 5.92 Å². The number of carbonyl (C=O) groups is 1. The van der Waals surface area contributed by atoms with E-state index in [1.54, 1.807) is 19.2 Å². The molecule has 0 radical (unpaired) electrons. The highest BCUT2D eigenvalue weighted by molar-refractivity contribution is 5.81. The molecule has 4 nitrogen and oxygen atoms in total. The molecule has 5 heteroatoms. The molecule has 1 saturated heterocycles. The van der Waals surface area contributed by atoms with Crippen LogP contribution >= 0.6 is 0 Å². The Balaban J connectivity index is 1.87. The lowest BCUT2D eigenvalue weighted by molar-refractivity contribution is -0.126. The van der Waals surface area contributed by atoms with Gasteiger partial charge in [0, 0.05) is 13.1 Å². The summed E-state index contributed by atoms with van der Waals surface area (Å²) in [5.74, 6) is 0.461. The number of carbonyl (C=O) groups excluding carboxylic acids is 1. The van der Waals surface area contributed by atoms with E-state index in [1.807, 2.05) is 24.3 Å². The Morgan fingerprint density at radius 2 is 1.70 bits per heavy atom. The van der Waals surface area contributed by atoms with E-state index in [4.69, 9.17) is 4.74 Å². The van der Waals surface area contributed by atoms with E-state index in [0.717, 1.165) is 16.9 Å². The topological polar surface area (TPSA) is 50.4 Å². The maximum atomic E-state index is 13.2. The Kier molecular flexibility index (Phi) is 4.57. The van der Waals surface area contributed by atoms with Crippen molar-refractivity contribution in [1.29, 1.82) is 0 Å². The Hall–Kier alpha value is -2.40. The fourth-order valence-electron chi connectivity index (χ4n) is 2.54. The third-order valence-corrected chi connectivity index (χ3v) is 4.09. The molecule has 23 heavy (non-hydrogen) atoms. The molecule has 2 aromatic rings. The quantitative estimate of drug-likeness (QED) is 0.890. The second kappa shape index (κ2) is 6.79. The van der Waals surface area contributed by atoms with Gasteiger partial charge < -0.3 is 15.4 Å². The van der Waals surface area contributed by atoms with Crippen molar-refractivity contribution in [2.45, 2.75) is 6.04 Å². The van der Waals surface area contributed by atoms with Gasteiger partial charge in [0.05, 0.1) is 19.1 Å². The molecule has 2 N–H and O–H groups in total.